The van der Waals surface area contributed by atoms with E-state index in [-0.39, 0.29) is 5.92 Å². The fraction of sp³-hybridized carbons (Fsp3) is 0.0385. The van der Waals surface area contributed by atoms with Crippen LogP contribution >= 0.6 is 0 Å². The largest absolute Gasteiger partial charge is 0.360 e. The molecule has 2 aromatic heterocycles. The van der Waals surface area contributed by atoms with E-state index in [2.05, 4.69) is 101 Å². The second-order valence-electron chi connectivity index (χ2n) is 6.97. The van der Waals surface area contributed by atoms with Crippen LogP contribution in [0, 0.1) is 0 Å². The Hall–Kier alpha value is -3.65. The highest BCUT2D eigenvalue weighted by Gasteiger charge is 2.21. The molecule has 0 saturated carbocycles. The van der Waals surface area contributed by atoms with Crippen molar-refractivity contribution in [2.24, 2.45) is 0 Å². The molecular weight excluding hydrogens is 340 g/mol. The third kappa shape index (κ3) is 2.89. The minimum absolute atomic E-state index is 0.160. The second kappa shape index (κ2) is 7.16. The van der Waals surface area contributed by atoms with Gasteiger partial charge < -0.3 is 4.98 Å². The van der Waals surface area contributed by atoms with Crippen LogP contribution in [0.25, 0.3) is 22.0 Å². The number of aromatic amines is 1. The van der Waals surface area contributed by atoms with Gasteiger partial charge in [-0.05, 0) is 28.3 Å². The Morgan fingerprint density at radius 1 is 0.607 bits per heavy atom. The number of hydrogen-bond donors (Lipinski definition) is 1. The van der Waals surface area contributed by atoms with Crippen molar-refractivity contribution in [3.05, 3.63) is 126 Å². The first-order valence-electron chi connectivity index (χ1n) is 9.52. The van der Waals surface area contributed by atoms with E-state index in [1.54, 1.807) is 0 Å². The molecular formula is C26H20N2. The molecule has 0 radical (unpaired) electrons. The van der Waals surface area contributed by atoms with E-state index in [0.717, 1.165) is 11.1 Å². The first-order valence-corrected chi connectivity index (χ1v) is 9.52. The molecule has 3 aromatic carbocycles. The van der Waals surface area contributed by atoms with Gasteiger partial charge in [-0.2, -0.15) is 0 Å². The molecule has 0 unspecified atom stereocenters. The number of fused-ring (bicyclic) bond motifs is 1. The van der Waals surface area contributed by atoms with Crippen LogP contribution in [-0.2, 0) is 0 Å². The molecule has 0 aliphatic heterocycles. The highest BCUT2D eigenvalue weighted by molar-refractivity contribution is 5.95. The van der Waals surface area contributed by atoms with Crippen molar-refractivity contribution >= 4 is 10.9 Å². The van der Waals surface area contributed by atoms with Crippen molar-refractivity contribution in [2.75, 3.05) is 0 Å². The summed E-state index contributed by atoms with van der Waals surface area (Å²) in [4.78, 5) is 7.76. The molecule has 0 spiro atoms. The van der Waals surface area contributed by atoms with E-state index < -0.39 is 0 Å². The molecule has 0 aliphatic carbocycles. The van der Waals surface area contributed by atoms with Crippen LogP contribution in [0.4, 0.5) is 0 Å². The van der Waals surface area contributed by atoms with Gasteiger partial charge in [0.15, 0.2) is 0 Å². The fourth-order valence-electron chi connectivity index (χ4n) is 4.03. The lowest BCUT2D eigenvalue weighted by Crippen LogP contribution is -2.05. The number of hydrogen-bond acceptors (Lipinski definition) is 1. The van der Waals surface area contributed by atoms with Crippen molar-refractivity contribution in [3.63, 3.8) is 0 Å². The lowest BCUT2D eigenvalue weighted by molar-refractivity contribution is 0.980. The molecule has 0 fully saturated rings. The van der Waals surface area contributed by atoms with Gasteiger partial charge in [0.05, 0.1) is 11.7 Å². The van der Waals surface area contributed by atoms with E-state index >= 15 is 0 Å². The lowest BCUT2D eigenvalue weighted by atomic mass is 9.81. The summed E-state index contributed by atoms with van der Waals surface area (Å²) in [6.45, 7) is 0. The number of nitrogens with one attached hydrogen (secondary N) is 1. The van der Waals surface area contributed by atoms with Crippen LogP contribution in [0.1, 0.15) is 22.6 Å². The van der Waals surface area contributed by atoms with Gasteiger partial charge in [-0.3, -0.25) is 4.98 Å². The van der Waals surface area contributed by atoms with Crippen molar-refractivity contribution < 1.29 is 0 Å². The van der Waals surface area contributed by atoms with E-state index in [1.165, 1.54) is 27.6 Å². The monoisotopic (exact) mass is 360 g/mol. The van der Waals surface area contributed by atoms with Crippen LogP contribution in [-0.4, -0.2) is 9.97 Å². The highest BCUT2D eigenvalue weighted by Crippen LogP contribution is 2.39. The van der Waals surface area contributed by atoms with Gasteiger partial charge >= 0.3 is 0 Å². The van der Waals surface area contributed by atoms with Crippen LogP contribution in [0.15, 0.2) is 110 Å². The highest BCUT2D eigenvalue weighted by atomic mass is 14.7. The maximum Gasteiger partial charge on any atom is 0.0646 e. The molecule has 28 heavy (non-hydrogen) atoms. The maximum atomic E-state index is 4.48. The van der Waals surface area contributed by atoms with Crippen LogP contribution in [0.5, 0.6) is 0 Å². The molecule has 134 valence electrons. The zero-order chi connectivity index (χ0) is 18.8. The smallest absolute Gasteiger partial charge is 0.0646 e. The van der Waals surface area contributed by atoms with Gasteiger partial charge in [0.2, 0.25) is 0 Å². The van der Waals surface area contributed by atoms with Crippen molar-refractivity contribution in [3.8, 4) is 11.1 Å². The number of rotatable bonds is 4. The Balaban J connectivity index is 1.77. The normalized spacial score (nSPS) is 11.2. The average Bonchev–Trinajstić information content (AvgIpc) is 3.25. The molecule has 2 heterocycles. The molecule has 2 nitrogen and oxygen atoms in total. The van der Waals surface area contributed by atoms with Crippen molar-refractivity contribution in [1.29, 1.82) is 0 Å². The van der Waals surface area contributed by atoms with Crippen LogP contribution in [0.2, 0.25) is 0 Å². The zero-order valence-electron chi connectivity index (χ0n) is 15.4. The molecule has 1 N–H and O–H groups in total. The number of H-pyrrole nitrogens is 1. The first kappa shape index (κ1) is 16.5. The Morgan fingerprint density at radius 3 is 1.96 bits per heavy atom. The molecule has 5 aromatic rings. The Bertz CT molecular complexity index is 1170. The Morgan fingerprint density at radius 2 is 1.25 bits per heavy atom. The molecule has 2 heteroatoms. The third-order valence-electron chi connectivity index (χ3n) is 5.30. The second-order valence-corrected chi connectivity index (χ2v) is 6.97. The summed E-state index contributed by atoms with van der Waals surface area (Å²) in [6, 6.07) is 32.3. The summed E-state index contributed by atoms with van der Waals surface area (Å²) in [5.41, 5.74) is 7.30. The fourth-order valence-corrected chi connectivity index (χ4v) is 4.03. The quantitative estimate of drug-likeness (QED) is 0.369. The Kier molecular flexibility index (Phi) is 4.23. The Labute approximate surface area is 164 Å². The average molecular weight is 360 g/mol. The van der Waals surface area contributed by atoms with Gasteiger partial charge in [0, 0.05) is 29.3 Å². The number of pyridine rings is 1. The topological polar surface area (TPSA) is 28.7 Å². The van der Waals surface area contributed by atoms with Gasteiger partial charge in [-0.25, -0.2) is 0 Å². The minimum Gasteiger partial charge on any atom is -0.360 e. The molecule has 0 aliphatic rings. The first-order chi connectivity index (χ1) is 13.9. The molecule has 5 rings (SSSR count). The molecule has 0 saturated heterocycles. The van der Waals surface area contributed by atoms with E-state index in [4.69, 9.17) is 0 Å². The van der Waals surface area contributed by atoms with Gasteiger partial charge in [-0.15, -0.1) is 0 Å². The summed E-state index contributed by atoms with van der Waals surface area (Å²) >= 11 is 0. The van der Waals surface area contributed by atoms with Crippen LogP contribution in [0.3, 0.4) is 0 Å². The predicted octanol–water partition coefficient (Wildman–Crippen LogP) is 6.41. The summed E-state index contributed by atoms with van der Waals surface area (Å²) in [6.07, 6.45) is 5.83. The van der Waals surface area contributed by atoms with Crippen LogP contribution < -0.4 is 0 Å². The van der Waals surface area contributed by atoms with Crippen molar-refractivity contribution in [2.45, 2.75) is 5.92 Å². The van der Waals surface area contributed by atoms with Gasteiger partial charge in [0.25, 0.3) is 0 Å². The van der Waals surface area contributed by atoms with E-state index in [0.29, 0.717) is 0 Å². The number of benzene rings is 3. The zero-order valence-corrected chi connectivity index (χ0v) is 15.4. The SMILES string of the molecule is c1ccc(C(c2ccccc2)c2ccccc2-c2cncc3[nH]ccc23)cc1. The minimum atomic E-state index is 0.160. The standard InChI is InChI=1S/C26H20N2/c1-3-9-19(10-4-1)26(20-11-5-2-6-12-20)23-14-8-7-13-21(23)24-17-27-18-25-22(24)15-16-28-25/h1-18,26,28H. The summed E-state index contributed by atoms with van der Waals surface area (Å²) in [5.74, 6) is 0.160. The summed E-state index contributed by atoms with van der Waals surface area (Å²) < 4.78 is 0. The van der Waals surface area contributed by atoms with E-state index in [9.17, 15) is 0 Å². The van der Waals surface area contributed by atoms with E-state index in [1.807, 2.05) is 18.6 Å². The van der Waals surface area contributed by atoms with Gasteiger partial charge in [0.1, 0.15) is 0 Å². The molecule has 0 amide bonds. The predicted molar refractivity (Wildman–Crippen MR) is 115 cm³/mol. The van der Waals surface area contributed by atoms with Crippen molar-refractivity contribution in [1.82, 2.24) is 9.97 Å². The lowest BCUT2D eigenvalue weighted by Gasteiger charge is -2.22. The maximum absolute atomic E-state index is 4.48. The third-order valence-corrected chi connectivity index (χ3v) is 5.30. The summed E-state index contributed by atoms with van der Waals surface area (Å²) in [5, 5.41) is 1.20. The number of aromatic nitrogens is 2. The van der Waals surface area contributed by atoms with Gasteiger partial charge in [-0.1, -0.05) is 84.9 Å². The summed E-state index contributed by atoms with van der Waals surface area (Å²) in [7, 11) is 0. The number of nitrogens with zero attached hydrogens (tertiary/aromatic N) is 1. The molecule has 0 atom stereocenters. The molecule has 0 bridgehead atoms.